The van der Waals surface area contributed by atoms with Gasteiger partial charge in [0.1, 0.15) is 11.5 Å². The van der Waals surface area contributed by atoms with Crippen molar-refractivity contribution in [3.8, 4) is 16.7 Å². The number of carbonyl (C=O) groups is 1. The van der Waals surface area contributed by atoms with E-state index in [9.17, 15) is 4.79 Å². The molecule has 0 radical (unpaired) electrons. The van der Waals surface area contributed by atoms with Crippen LogP contribution in [0.2, 0.25) is 0 Å². The Morgan fingerprint density at radius 3 is 2.83 bits per heavy atom. The predicted molar refractivity (Wildman–Crippen MR) is 96.0 cm³/mol. The fourth-order valence-corrected chi connectivity index (χ4v) is 2.95. The highest BCUT2D eigenvalue weighted by atomic mass is 32.1. The Balaban J connectivity index is 2.07. The second-order valence-electron chi connectivity index (χ2n) is 5.63. The first-order valence-corrected chi connectivity index (χ1v) is 8.96. The van der Waals surface area contributed by atoms with Gasteiger partial charge in [0.2, 0.25) is 5.91 Å². The molecule has 24 heavy (non-hydrogen) atoms. The van der Waals surface area contributed by atoms with Crippen molar-refractivity contribution < 1.29 is 14.3 Å². The Morgan fingerprint density at radius 1 is 1.38 bits per heavy atom. The lowest BCUT2D eigenvalue weighted by molar-refractivity contribution is -0.119. The van der Waals surface area contributed by atoms with Gasteiger partial charge < -0.3 is 14.8 Å². The summed E-state index contributed by atoms with van der Waals surface area (Å²) in [5.74, 6) is 1.51. The number of thiazole rings is 1. The van der Waals surface area contributed by atoms with Gasteiger partial charge in [-0.05, 0) is 32.4 Å². The number of nitrogens with one attached hydrogen (secondary N) is 1. The zero-order chi connectivity index (χ0) is 17.5. The van der Waals surface area contributed by atoms with E-state index in [0.29, 0.717) is 11.8 Å². The van der Waals surface area contributed by atoms with E-state index in [-0.39, 0.29) is 11.9 Å². The normalized spacial score (nSPS) is 11.8. The topological polar surface area (TPSA) is 60.5 Å². The van der Waals surface area contributed by atoms with Gasteiger partial charge in [0.05, 0.1) is 17.5 Å². The summed E-state index contributed by atoms with van der Waals surface area (Å²) in [7, 11) is 0. The van der Waals surface area contributed by atoms with Crippen LogP contribution in [0.1, 0.15) is 50.1 Å². The van der Waals surface area contributed by atoms with Crippen LogP contribution in [0.25, 0.3) is 0 Å². The van der Waals surface area contributed by atoms with Crippen LogP contribution in [0.4, 0.5) is 0 Å². The first kappa shape index (κ1) is 18.3. The Bertz CT molecular complexity index is 685. The van der Waals surface area contributed by atoms with Crippen LogP contribution >= 0.6 is 11.3 Å². The molecule has 1 heterocycles. The number of aromatic nitrogens is 1. The number of nitrogens with zero attached hydrogens (tertiary/aromatic N) is 1. The zero-order valence-corrected chi connectivity index (χ0v) is 15.4. The van der Waals surface area contributed by atoms with Crippen molar-refractivity contribution >= 4 is 17.2 Å². The molecule has 6 heteroatoms. The number of carbonyl (C=O) groups excluding carboxylic acids is 1. The van der Waals surface area contributed by atoms with Crippen LogP contribution in [0, 0.1) is 6.92 Å². The molecule has 0 aliphatic rings. The maximum absolute atomic E-state index is 11.1. The summed E-state index contributed by atoms with van der Waals surface area (Å²) >= 11 is 1.42. The van der Waals surface area contributed by atoms with Gasteiger partial charge >= 0.3 is 0 Å². The van der Waals surface area contributed by atoms with Crippen molar-refractivity contribution in [3.63, 3.8) is 0 Å². The monoisotopic (exact) mass is 348 g/mol. The van der Waals surface area contributed by atoms with E-state index >= 15 is 0 Å². The van der Waals surface area contributed by atoms with Crippen molar-refractivity contribution in [1.29, 1.82) is 0 Å². The lowest BCUT2D eigenvalue weighted by Gasteiger charge is -2.12. The summed E-state index contributed by atoms with van der Waals surface area (Å²) in [6, 6.07) is 5.68. The van der Waals surface area contributed by atoms with Crippen molar-refractivity contribution in [3.05, 3.63) is 34.8 Å². The summed E-state index contributed by atoms with van der Waals surface area (Å²) in [4.78, 5) is 16.4. The van der Waals surface area contributed by atoms with Gasteiger partial charge in [-0.2, -0.15) is 0 Å². The van der Waals surface area contributed by atoms with Crippen molar-refractivity contribution in [1.82, 2.24) is 10.3 Å². The minimum Gasteiger partial charge on any atom is -0.493 e. The van der Waals surface area contributed by atoms with E-state index in [4.69, 9.17) is 9.47 Å². The van der Waals surface area contributed by atoms with Crippen LogP contribution in [-0.4, -0.2) is 17.5 Å². The molecular formula is C18H24N2O3S. The number of hydrogen-bond donors (Lipinski definition) is 1. The molecule has 2 rings (SSSR count). The van der Waals surface area contributed by atoms with Crippen LogP contribution in [0.5, 0.6) is 16.7 Å². The van der Waals surface area contributed by atoms with Crippen molar-refractivity contribution in [2.24, 2.45) is 0 Å². The second-order valence-corrected chi connectivity index (χ2v) is 6.66. The van der Waals surface area contributed by atoms with Gasteiger partial charge in [-0.15, -0.1) is 0 Å². The maximum atomic E-state index is 11.1. The molecule has 130 valence electrons. The van der Waals surface area contributed by atoms with Gasteiger partial charge in [-0.1, -0.05) is 30.7 Å². The van der Waals surface area contributed by atoms with Crippen molar-refractivity contribution in [2.75, 3.05) is 6.61 Å². The molecule has 1 N–H and O–H groups in total. The summed E-state index contributed by atoms with van der Waals surface area (Å²) in [5.41, 5.74) is 0.959. The molecule has 5 nitrogen and oxygen atoms in total. The first-order chi connectivity index (χ1) is 11.5. The third-order valence-electron chi connectivity index (χ3n) is 3.54. The number of benzene rings is 1. The van der Waals surface area contributed by atoms with E-state index < -0.39 is 0 Å². The van der Waals surface area contributed by atoms with Gasteiger partial charge in [-0.3, -0.25) is 4.79 Å². The Hall–Kier alpha value is -2.08. The predicted octanol–water partition coefficient (Wildman–Crippen LogP) is 4.62. The smallest absolute Gasteiger partial charge is 0.278 e. The first-order valence-electron chi connectivity index (χ1n) is 8.14. The molecule has 1 aromatic carbocycles. The van der Waals surface area contributed by atoms with Crippen LogP contribution in [0.15, 0.2) is 24.4 Å². The summed E-state index contributed by atoms with van der Waals surface area (Å²) in [5, 5.41) is 3.39. The lowest BCUT2D eigenvalue weighted by atomic mass is 10.2. The van der Waals surface area contributed by atoms with Gasteiger partial charge in [-0.25, -0.2) is 4.98 Å². The van der Waals surface area contributed by atoms with E-state index in [1.54, 1.807) is 6.20 Å². The summed E-state index contributed by atoms with van der Waals surface area (Å²) in [6.07, 6.45) is 3.86. The second kappa shape index (κ2) is 8.68. The minimum atomic E-state index is -0.0813. The van der Waals surface area contributed by atoms with E-state index in [1.807, 2.05) is 32.0 Å². The highest BCUT2D eigenvalue weighted by Gasteiger charge is 2.13. The molecule has 1 unspecified atom stereocenters. The Morgan fingerprint density at radius 2 is 2.12 bits per heavy atom. The van der Waals surface area contributed by atoms with E-state index in [0.717, 1.165) is 34.8 Å². The lowest BCUT2D eigenvalue weighted by Crippen LogP contribution is -2.22. The summed E-state index contributed by atoms with van der Waals surface area (Å²) in [6.45, 7) is 8.24. The van der Waals surface area contributed by atoms with E-state index in [2.05, 4.69) is 17.2 Å². The maximum Gasteiger partial charge on any atom is 0.278 e. The number of amides is 1. The molecule has 0 saturated heterocycles. The molecule has 0 fully saturated rings. The number of ether oxygens (including phenoxy) is 2. The number of rotatable bonds is 8. The fourth-order valence-electron chi connectivity index (χ4n) is 2.18. The number of hydrogen-bond acceptors (Lipinski definition) is 5. The molecule has 0 saturated carbocycles. The average Bonchev–Trinajstić information content (AvgIpc) is 2.99. The number of unbranched alkanes of at least 4 members (excludes halogenated alkanes) is 1. The van der Waals surface area contributed by atoms with Crippen LogP contribution in [-0.2, 0) is 4.79 Å². The molecule has 0 bridgehead atoms. The molecule has 2 aromatic rings. The highest BCUT2D eigenvalue weighted by molar-refractivity contribution is 7.13. The van der Waals surface area contributed by atoms with Crippen LogP contribution in [0.3, 0.4) is 0 Å². The van der Waals surface area contributed by atoms with Crippen molar-refractivity contribution in [2.45, 2.75) is 46.6 Å². The SMILES string of the molecule is CCCCOc1cccc(Oc2ncc(C(C)NC(C)=O)s2)c1C. The largest absolute Gasteiger partial charge is 0.493 e. The highest BCUT2D eigenvalue weighted by Crippen LogP contribution is 2.34. The zero-order valence-electron chi connectivity index (χ0n) is 14.6. The third kappa shape index (κ3) is 4.96. The standard InChI is InChI=1S/C18H24N2O3S/c1-5-6-10-22-15-8-7-9-16(12(15)2)23-18-19-11-17(24-18)13(3)20-14(4)21/h7-9,11,13H,5-6,10H2,1-4H3,(H,20,21). The Labute approximate surface area is 147 Å². The molecule has 1 amide bonds. The molecule has 0 aliphatic heterocycles. The summed E-state index contributed by atoms with van der Waals surface area (Å²) < 4.78 is 11.7. The van der Waals surface area contributed by atoms with Gasteiger partial charge in [0.15, 0.2) is 0 Å². The molecule has 0 spiro atoms. The quantitative estimate of drug-likeness (QED) is 0.707. The molecule has 1 atom stereocenters. The van der Waals surface area contributed by atoms with Gasteiger partial charge in [0, 0.05) is 18.7 Å². The average molecular weight is 348 g/mol. The van der Waals surface area contributed by atoms with Crippen LogP contribution < -0.4 is 14.8 Å². The fraction of sp³-hybridized carbons (Fsp3) is 0.444. The van der Waals surface area contributed by atoms with E-state index in [1.165, 1.54) is 18.3 Å². The molecule has 0 aliphatic carbocycles. The minimum absolute atomic E-state index is 0.0638. The molecule has 1 aromatic heterocycles. The Kier molecular flexibility index (Phi) is 6.61. The third-order valence-corrected chi connectivity index (χ3v) is 4.59. The molecular weight excluding hydrogens is 324 g/mol. The van der Waals surface area contributed by atoms with Gasteiger partial charge in [0.25, 0.3) is 5.19 Å².